The highest BCUT2D eigenvalue weighted by molar-refractivity contribution is 6.30. The minimum atomic E-state index is -0.388. The maximum absolute atomic E-state index is 13.2. The van der Waals surface area contributed by atoms with E-state index < -0.39 is 0 Å². The second kappa shape index (κ2) is 15.0. The molecule has 266 valence electrons. The van der Waals surface area contributed by atoms with Gasteiger partial charge < -0.3 is 14.8 Å². The fraction of sp³-hybridized carbons (Fsp3) is 0.317. The average molecular weight is 717 g/mol. The SMILES string of the molecule is O=C1c2ccccc2C(=O)c2c1n[n+]([O-])n2CCCc1ccc(N2CCN(Cc3cc(CN4CCOCC4)ccc3-c3ccc(Cl)cc3)CC2)cc1. The molecule has 0 spiro atoms. The van der Waals surface area contributed by atoms with E-state index in [2.05, 4.69) is 74.4 Å². The number of halogens is 1. The maximum Gasteiger partial charge on any atom is 0.220 e. The number of carbonyl (C=O) groups excluding carboxylic acids is 2. The molecule has 2 saturated heterocycles. The molecule has 0 bridgehead atoms. The molecule has 0 radical (unpaired) electrons. The molecule has 3 heterocycles. The fourth-order valence-electron chi connectivity index (χ4n) is 7.62. The summed E-state index contributed by atoms with van der Waals surface area (Å²) < 4.78 is 6.85. The van der Waals surface area contributed by atoms with E-state index in [1.165, 1.54) is 32.6 Å². The Hall–Kier alpha value is -4.87. The van der Waals surface area contributed by atoms with Gasteiger partial charge in [-0.05, 0) is 64.9 Å². The number of carbonyl (C=O) groups is 2. The first-order valence-corrected chi connectivity index (χ1v) is 18.4. The van der Waals surface area contributed by atoms with Crippen LogP contribution in [-0.4, -0.2) is 83.6 Å². The zero-order valence-electron chi connectivity index (χ0n) is 29.0. The molecule has 0 unspecified atom stereocenters. The molecule has 3 aliphatic rings. The smallest absolute Gasteiger partial charge is 0.220 e. The number of benzene rings is 4. The lowest BCUT2D eigenvalue weighted by Gasteiger charge is -2.36. The Kier molecular flexibility index (Phi) is 9.88. The lowest BCUT2D eigenvalue weighted by Crippen LogP contribution is -2.46. The third-order valence-electron chi connectivity index (χ3n) is 10.5. The number of aromatic nitrogens is 3. The summed E-state index contributed by atoms with van der Waals surface area (Å²) >= 11 is 6.23. The Morgan fingerprint density at radius 1 is 0.731 bits per heavy atom. The molecule has 4 aromatic carbocycles. The molecular weight excluding hydrogens is 676 g/mol. The van der Waals surface area contributed by atoms with Crippen molar-refractivity contribution in [2.24, 2.45) is 0 Å². The van der Waals surface area contributed by atoms with Crippen LogP contribution >= 0.6 is 11.6 Å². The van der Waals surface area contributed by atoms with Gasteiger partial charge in [-0.1, -0.05) is 78.3 Å². The van der Waals surface area contributed by atoms with Crippen molar-refractivity contribution in [3.05, 3.63) is 140 Å². The van der Waals surface area contributed by atoms with Crippen LogP contribution in [0.4, 0.5) is 5.69 Å². The molecule has 0 N–H and O–H groups in total. The summed E-state index contributed by atoms with van der Waals surface area (Å²) in [5.74, 6) is -0.725. The van der Waals surface area contributed by atoms with Crippen LogP contribution in [0.25, 0.3) is 11.1 Å². The molecule has 5 aromatic rings. The molecular formula is C41H41ClN6O4. The van der Waals surface area contributed by atoms with Crippen molar-refractivity contribution in [2.75, 3.05) is 57.4 Å². The third kappa shape index (κ3) is 7.12. The van der Waals surface area contributed by atoms with Gasteiger partial charge in [0.15, 0.2) is 5.69 Å². The Bertz CT molecular complexity index is 2080. The van der Waals surface area contributed by atoms with E-state index in [-0.39, 0.29) is 29.5 Å². The summed E-state index contributed by atoms with van der Waals surface area (Å²) in [7, 11) is 0. The second-order valence-corrected chi connectivity index (χ2v) is 14.2. The third-order valence-corrected chi connectivity index (χ3v) is 10.7. The summed E-state index contributed by atoms with van der Waals surface area (Å²) in [5.41, 5.74) is 8.07. The van der Waals surface area contributed by atoms with Crippen LogP contribution in [0.1, 0.15) is 55.2 Å². The average Bonchev–Trinajstić information content (AvgIpc) is 3.51. The van der Waals surface area contributed by atoms with Crippen molar-refractivity contribution in [2.45, 2.75) is 32.5 Å². The molecule has 0 amide bonds. The monoisotopic (exact) mass is 716 g/mol. The lowest BCUT2D eigenvalue weighted by atomic mass is 9.90. The van der Waals surface area contributed by atoms with Gasteiger partial charge in [0.25, 0.3) is 0 Å². The van der Waals surface area contributed by atoms with Crippen LogP contribution in [0.3, 0.4) is 0 Å². The van der Waals surface area contributed by atoms with E-state index in [0.29, 0.717) is 22.5 Å². The number of ether oxygens (including phenoxy) is 1. The van der Waals surface area contributed by atoms with E-state index >= 15 is 0 Å². The van der Waals surface area contributed by atoms with Gasteiger partial charge in [-0.15, -0.1) is 4.68 Å². The van der Waals surface area contributed by atoms with Gasteiger partial charge in [-0.2, -0.15) is 0 Å². The van der Waals surface area contributed by atoms with Gasteiger partial charge in [0.1, 0.15) is 0 Å². The number of rotatable bonds is 10. The number of piperazine rings is 1. The predicted molar refractivity (Wildman–Crippen MR) is 200 cm³/mol. The standard InChI is InChI=1S/C41H41ClN6O4/c42-33-12-10-31(11-13-33)35-16-9-30(27-45-22-24-52-25-23-45)26-32(35)28-44-18-20-46(21-19-44)34-14-7-29(8-15-34)4-3-17-47-39-38(43-48(47)51)40(49)36-5-1-2-6-37(36)41(39)50/h1-2,5-16,26H,3-4,17-25,27-28H2. The first-order valence-electron chi connectivity index (χ1n) is 18.0. The van der Waals surface area contributed by atoms with Crippen LogP contribution in [0.5, 0.6) is 0 Å². The van der Waals surface area contributed by atoms with Gasteiger partial charge in [-0.3, -0.25) is 19.4 Å². The van der Waals surface area contributed by atoms with Crippen molar-refractivity contribution in [3.8, 4) is 11.1 Å². The van der Waals surface area contributed by atoms with Gasteiger partial charge in [0.2, 0.25) is 17.3 Å². The first-order chi connectivity index (χ1) is 25.4. The maximum atomic E-state index is 13.2. The second-order valence-electron chi connectivity index (χ2n) is 13.8. The number of hydrogen-bond acceptors (Lipinski definition) is 8. The molecule has 8 rings (SSSR count). The number of nitrogens with zero attached hydrogens (tertiary/aromatic N) is 6. The zero-order chi connectivity index (χ0) is 35.6. The highest BCUT2D eigenvalue weighted by atomic mass is 35.5. The quantitative estimate of drug-likeness (QED) is 0.137. The number of morpholine rings is 1. The van der Waals surface area contributed by atoms with Gasteiger partial charge in [0.05, 0.1) is 19.8 Å². The van der Waals surface area contributed by atoms with Gasteiger partial charge in [0, 0.05) is 84.3 Å². The van der Waals surface area contributed by atoms with E-state index in [0.717, 1.165) is 82.6 Å². The summed E-state index contributed by atoms with van der Waals surface area (Å²) in [4.78, 5) is 34.0. The molecule has 2 fully saturated rings. The van der Waals surface area contributed by atoms with Crippen LogP contribution in [0.15, 0.2) is 91.0 Å². The summed E-state index contributed by atoms with van der Waals surface area (Å²) in [6.45, 7) is 9.43. The minimum absolute atomic E-state index is 0.0672. The van der Waals surface area contributed by atoms with Crippen molar-refractivity contribution >= 4 is 28.9 Å². The summed E-state index contributed by atoms with van der Waals surface area (Å²) in [6.07, 6.45) is 1.35. The Labute approximate surface area is 308 Å². The number of fused-ring (bicyclic) bond motifs is 2. The van der Waals surface area contributed by atoms with Crippen molar-refractivity contribution in [1.29, 1.82) is 0 Å². The number of anilines is 1. The zero-order valence-corrected chi connectivity index (χ0v) is 29.8. The van der Waals surface area contributed by atoms with Crippen LogP contribution in [0, 0.1) is 5.21 Å². The first kappa shape index (κ1) is 34.2. The van der Waals surface area contributed by atoms with E-state index in [1.54, 1.807) is 24.3 Å². The topological polar surface area (TPSA) is 97.8 Å². The molecule has 10 nitrogen and oxygen atoms in total. The molecule has 2 aliphatic heterocycles. The van der Waals surface area contributed by atoms with Gasteiger partial charge in [-0.25, -0.2) is 0 Å². The molecule has 0 atom stereocenters. The molecule has 1 aliphatic carbocycles. The van der Waals surface area contributed by atoms with Crippen molar-refractivity contribution < 1.29 is 19.3 Å². The number of hydrogen-bond donors (Lipinski definition) is 0. The number of aryl methyl sites for hydroxylation is 1. The van der Waals surface area contributed by atoms with Crippen molar-refractivity contribution in [3.63, 3.8) is 0 Å². The fourth-order valence-corrected chi connectivity index (χ4v) is 7.75. The van der Waals surface area contributed by atoms with E-state index in [1.807, 2.05) is 12.1 Å². The molecule has 0 saturated carbocycles. The van der Waals surface area contributed by atoms with Crippen molar-refractivity contribution in [1.82, 2.24) is 19.6 Å². The molecule has 11 heteroatoms. The van der Waals surface area contributed by atoms with Crippen LogP contribution in [0.2, 0.25) is 5.02 Å². The minimum Gasteiger partial charge on any atom is -0.571 e. The Balaban J connectivity index is 0.878. The highest BCUT2D eigenvalue weighted by Crippen LogP contribution is 2.29. The number of ketones is 2. The Morgan fingerprint density at radius 3 is 2.13 bits per heavy atom. The van der Waals surface area contributed by atoms with E-state index in [4.69, 9.17) is 16.3 Å². The largest absolute Gasteiger partial charge is 0.571 e. The summed E-state index contributed by atoms with van der Waals surface area (Å²) in [6, 6.07) is 30.3. The molecule has 52 heavy (non-hydrogen) atoms. The lowest BCUT2D eigenvalue weighted by molar-refractivity contribution is -0.749. The highest BCUT2D eigenvalue weighted by Gasteiger charge is 2.39. The summed E-state index contributed by atoms with van der Waals surface area (Å²) in [5, 5.41) is 17.3. The van der Waals surface area contributed by atoms with Crippen LogP contribution in [-0.2, 0) is 30.8 Å². The van der Waals surface area contributed by atoms with Gasteiger partial charge >= 0.3 is 0 Å². The van der Waals surface area contributed by atoms with E-state index in [9.17, 15) is 14.8 Å². The van der Waals surface area contributed by atoms with Crippen LogP contribution < -0.4 is 9.86 Å². The molecule has 1 aromatic heterocycles. The normalized spacial score (nSPS) is 16.6. The predicted octanol–water partition coefficient (Wildman–Crippen LogP) is 5.40. The Morgan fingerprint density at radius 2 is 1.40 bits per heavy atom.